The van der Waals surface area contributed by atoms with Crippen molar-refractivity contribution in [3.63, 3.8) is 0 Å². The molecule has 0 unspecified atom stereocenters. The first-order chi connectivity index (χ1) is 15.4. The summed E-state index contributed by atoms with van der Waals surface area (Å²) in [7, 11) is 1.56. The molecule has 9 heteroatoms. The summed E-state index contributed by atoms with van der Waals surface area (Å²) >= 11 is 3.40. The van der Waals surface area contributed by atoms with Crippen molar-refractivity contribution in [3.8, 4) is 5.75 Å². The molecule has 4 aromatic rings. The third kappa shape index (κ3) is 4.52. The predicted octanol–water partition coefficient (Wildman–Crippen LogP) is 5.60. The van der Waals surface area contributed by atoms with Crippen LogP contribution in [0.3, 0.4) is 0 Å². The molecule has 0 saturated heterocycles. The van der Waals surface area contributed by atoms with Gasteiger partial charge in [-0.15, -0.1) is 0 Å². The zero-order chi connectivity index (χ0) is 22.7. The molecule has 32 heavy (non-hydrogen) atoms. The van der Waals surface area contributed by atoms with Crippen molar-refractivity contribution >= 4 is 49.9 Å². The van der Waals surface area contributed by atoms with Crippen LogP contribution in [0.5, 0.6) is 5.75 Å². The molecule has 1 N–H and O–H groups in total. The second-order valence-corrected chi connectivity index (χ2v) is 7.54. The van der Waals surface area contributed by atoms with Crippen molar-refractivity contribution in [3.05, 3.63) is 98.5 Å². The number of nitro groups is 1. The Morgan fingerprint density at radius 3 is 2.53 bits per heavy atom. The lowest BCUT2D eigenvalue weighted by Gasteiger charge is -2.08. The number of amides is 1. The Morgan fingerprint density at radius 2 is 1.84 bits per heavy atom. The fourth-order valence-corrected chi connectivity index (χ4v) is 3.39. The molecule has 4 rings (SSSR count). The second kappa shape index (κ2) is 9.03. The van der Waals surface area contributed by atoms with Gasteiger partial charge in [-0.3, -0.25) is 14.9 Å². The van der Waals surface area contributed by atoms with Gasteiger partial charge in [-0.25, -0.2) is 4.99 Å². The van der Waals surface area contributed by atoms with Gasteiger partial charge >= 0.3 is 0 Å². The minimum atomic E-state index is -0.504. The average Bonchev–Trinajstić information content (AvgIpc) is 2.80. The monoisotopic (exact) mass is 493 g/mol. The normalized spacial score (nSPS) is 11.4. The van der Waals surface area contributed by atoms with E-state index < -0.39 is 10.8 Å². The molecule has 1 amide bonds. The number of nitro benzene ring substituents is 1. The number of hydrogen-bond donors (Lipinski definition) is 1. The number of carbonyl (C=O) groups is 1. The van der Waals surface area contributed by atoms with Crippen LogP contribution < -0.4 is 15.6 Å². The lowest BCUT2D eigenvalue weighted by molar-refractivity contribution is -0.384. The largest absolute Gasteiger partial charge is 0.497 e. The van der Waals surface area contributed by atoms with E-state index in [1.165, 1.54) is 24.3 Å². The summed E-state index contributed by atoms with van der Waals surface area (Å²) in [6, 6.07) is 19.8. The molecule has 8 nitrogen and oxygen atoms in total. The average molecular weight is 494 g/mol. The summed E-state index contributed by atoms with van der Waals surface area (Å²) in [6.07, 6.45) is 0. The summed E-state index contributed by atoms with van der Waals surface area (Å²) < 4.78 is 11.7. The third-order valence-corrected chi connectivity index (χ3v) is 5.30. The van der Waals surface area contributed by atoms with Gasteiger partial charge < -0.3 is 14.5 Å². The maximum Gasteiger partial charge on any atom is 0.270 e. The number of fused-ring (bicyclic) bond motifs is 1. The van der Waals surface area contributed by atoms with Gasteiger partial charge in [0, 0.05) is 22.0 Å². The molecule has 160 valence electrons. The fraction of sp³-hybridized carbons (Fsp3) is 0.0435. The number of benzene rings is 3. The molecule has 0 radical (unpaired) electrons. The Bertz CT molecular complexity index is 1400. The van der Waals surface area contributed by atoms with Crippen molar-refractivity contribution in [1.29, 1.82) is 0 Å². The quantitative estimate of drug-likeness (QED) is 0.287. The molecule has 0 aliphatic carbocycles. The SMILES string of the molecule is COc1ccc(N=c2oc3ccc([N+](=O)[O-])cc3cc2C(=O)Nc2ccccc2Br)cc1. The number of nitrogens with one attached hydrogen (secondary N) is 1. The van der Waals surface area contributed by atoms with Crippen LogP contribution in [0.15, 0.2) is 86.7 Å². The molecule has 1 heterocycles. The highest BCUT2D eigenvalue weighted by Gasteiger charge is 2.16. The van der Waals surface area contributed by atoms with Gasteiger partial charge in [0.1, 0.15) is 16.9 Å². The summed E-state index contributed by atoms with van der Waals surface area (Å²) in [4.78, 5) is 28.3. The standard InChI is InChI=1S/C23H16BrN3O5/c1-31-17-9-6-15(7-10-17)25-23-18(22(28)26-20-5-3-2-4-19(20)24)13-14-12-16(27(29)30)8-11-21(14)32-23/h2-13H,1H3,(H,26,28). The molecule has 0 bridgehead atoms. The van der Waals surface area contributed by atoms with Crippen molar-refractivity contribution in [2.75, 3.05) is 12.4 Å². The molecule has 0 aliphatic rings. The Kier molecular flexibility index (Phi) is 6.00. The van der Waals surface area contributed by atoms with E-state index >= 15 is 0 Å². The summed E-state index contributed by atoms with van der Waals surface area (Å²) in [5.41, 5.74) is 1.56. The lowest BCUT2D eigenvalue weighted by atomic mass is 10.1. The first kappa shape index (κ1) is 21.3. The van der Waals surface area contributed by atoms with Crippen LogP contribution in [0, 0.1) is 10.1 Å². The van der Waals surface area contributed by atoms with E-state index in [1.807, 2.05) is 6.07 Å². The summed E-state index contributed by atoms with van der Waals surface area (Å²) in [6.45, 7) is 0. The number of halogens is 1. The topological polar surface area (TPSA) is 107 Å². The second-order valence-electron chi connectivity index (χ2n) is 6.69. The number of rotatable bonds is 5. The third-order valence-electron chi connectivity index (χ3n) is 4.61. The van der Waals surface area contributed by atoms with E-state index in [0.717, 1.165) is 0 Å². The van der Waals surface area contributed by atoms with E-state index in [4.69, 9.17) is 9.15 Å². The van der Waals surface area contributed by atoms with Crippen molar-refractivity contribution in [2.24, 2.45) is 4.99 Å². The van der Waals surface area contributed by atoms with Crippen molar-refractivity contribution in [1.82, 2.24) is 0 Å². The van der Waals surface area contributed by atoms with E-state index in [2.05, 4.69) is 26.2 Å². The summed E-state index contributed by atoms with van der Waals surface area (Å²) in [5.74, 6) is 0.194. The van der Waals surface area contributed by atoms with Crippen molar-refractivity contribution in [2.45, 2.75) is 0 Å². The minimum absolute atomic E-state index is 0.0704. The number of para-hydroxylation sites is 1. The smallest absolute Gasteiger partial charge is 0.270 e. The van der Waals surface area contributed by atoms with Crippen LogP contribution in [-0.4, -0.2) is 17.9 Å². The number of anilines is 1. The van der Waals surface area contributed by atoms with Crippen LogP contribution in [-0.2, 0) is 0 Å². The van der Waals surface area contributed by atoms with E-state index in [1.54, 1.807) is 49.6 Å². The molecular weight excluding hydrogens is 478 g/mol. The van der Waals surface area contributed by atoms with Crippen LogP contribution in [0.4, 0.5) is 17.1 Å². The van der Waals surface area contributed by atoms with Crippen molar-refractivity contribution < 1.29 is 18.9 Å². The number of hydrogen-bond acceptors (Lipinski definition) is 6. The van der Waals surface area contributed by atoms with E-state index in [0.29, 0.717) is 32.6 Å². The zero-order valence-corrected chi connectivity index (χ0v) is 18.3. The Morgan fingerprint density at radius 1 is 1.09 bits per heavy atom. The first-order valence-electron chi connectivity index (χ1n) is 9.41. The van der Waals surface area contributed by atoms with Gasteiger partial charge in [-0.05, 0) is 64.5 Å². The molecule has 0 atom stereocenters. The zero-order valence-electron chi connectivity index (χ0n) is 16.7. The molecule has 0 spiro atoms. The van der Waals surface area contributed by atoms with Gasteiger partial charge in [0.2, 0.25) is 5.55 Å². The van der Waals surface area contributed by atoms with Gasteiger partial charge in [0.05, 0.1) is 23.4 Å². The maximum atomic E-state index is 13.1. The highest BCUT2D eigenvalue weighted by molar-refractivity contribution is 9.10. The highest BCUT2D eigenvalue weighted by atomic mass is 79.9. The Labute approximate surface area is 190 Å². The molecule has 0 saturated carbocycles. The number of non-ortho nitro benzene ring substituents is 1. The lowest BCUT2D eigenvalue weighted by Crippen LogP contribution is -2.21. The minimum Gasteiger partial charge on any atom is -0.497 e. The molecular formula is C23H16BrN3O5. The Balaban J connectivity index is 1.86. The van der Waals surface area contributed by atoms with E-state index in [-0.39, 0.29) is 16.8 Å². The van der Waals surface area contributed by atoms with Gasteiger partial charge in [-0.2, -0.15) is 0 Å². The first-order valence-corrected chi connectivity index (χ1v) is 10.2. The molecule has 1 aromatic heterocycles. The van der Waals surface area contributed by atoms with Crippen LogP contribution in [0.1, 0.15) is 10.4 Å². The van der Waals surface area contributed by atoms with Crippen LogP contribution in [0.2, 0.25) is 0 Å². The molecule has 0 fully saturated rings. The van der Waals surface area contributed by atoms with Gasteiger partial charge in [0.15, 0.2) is 0 Å². The number of ether oxygens (including phenoxy) is 1. The maximum absolute atomic E-state index is 13.1. The fourth-order valence-electron chi connectivity index (χ4n) is 3.00. The predicted molar refractivity (Wildman–Crippen MR) is 123 cm³/mol. The molecule has 0 aliphatic heterocycles. The van der Waals surface area contributed by atoms with Crippen LogP contribution >= 0.6 is 15.9 Å². The van der Waals surface area contributed by atoms with E-state index in [9.17, 15) is 14.9 Å². The summed E-state index contributed by atoms with van der Waals surface area (Å²) in [5, 5.41) is 14.4. The number of carbonyl (C=O) groups excluding carboxylic acids is 1. The van der Waals surface area contributed by atoms with Gasteiger partial charge in [0.25, 0.3) is 11.6 Å². The molecule has 3 aromatic carbocycles. The number of methoxy groups -OCH3 is 1. The highest BCUT2D eigenvalue weighted by Crippen LogP contribution is 2.24. The van der Waals surface area contributed by atoms with Gasteiger partial charge in [-0.1, -0.05) is 12.1 Å². The van der Waals surface area contributed by atoms with Crippen LogP contribution in [0.25, 0.3) is 11.0 Å². The Hall–Kier alpha value is -3.98. The number of nitrogens with zero attached hydrogens (tertiary/aromatic N) is 2.